The standard InChI is InChI=1S/C54H86O19/c1-13-36-33(10)73-54(64,25-40(36)68-43-23-38(55)47(61)34(11)65-43)31(8)46(60)29(6)50-27(4)20-16-18-21-41(57)69-49(26(3)19-15-17-22-42(58)70-50)28(5)45(59)30(7)52(63)72-53-51(37(14-2)32(9)67-53)71-44-24-39(56)48(62)35(12)66-44/h15-22,26-40,43-51,53,55-56,59-62,64H,13-14,23-25H2,1-12H3/b19-15+,20-16+,21-18+,22-17+/t26-,27-,28-,29-,30-,31-,32-,33+,34-,35-,36+,37-,38-,39-,40+,43-,44-,45+,46+,47+,48+,49-,50-,51+,53+,54+/m0/s1. The van der Waals surface area contributed by atoms with Crippen LogP contribution in [0.25, 0.3) is 0 Å². The van der Waals surface area contributed by atoms with Crippen molar-refractivity contribution in [3.8, 4) is 0 Å². The van der Waals surface area contributed by atoms with Gasteiger partial charge in [-0.25, -0.2) is 9.59 Å². The number of carbonyl (C=O) groups excluding carboxylic acids is 3. The lowest BCUT2D eigenvalue weighted by Gasteiger charge is -2.50. The zero-order valence-electron chi connectivity index (χ0n) is 44.6. The molecule has 5 rings (SSSR count). The molecule has 26 atom stereocenters. The van der Waals surface area contributed by atoms with Gasteiger partial charge in [0.15, 0.2) is 18.4 Å². The fourth-order valence-corrected chi connectivity index (χ4v) is 11.1. The minimum atomic E-state index is -1.88. The normalized spacial score (nSPS) is 44.3. The highest BCUT2D eigenvalue weighted by molar-refractivity contribution is 5.83. The second kappa shape index (κ2) is 26.8. The largest absolute Gasteiger partial charge is 0.458 e. The maximum atomic E-state index is 13.7. The van der Waals surface area contributed by atoms with Crippen molar-refractivity contribution in [1.82, 2.24) is 0 Å². The molecule has 4 fully saturated rings. The summed E-state index contributed by atoms with van der Waals surface area (Å²) in [6.07, 6.45) is -2.14. The van der Waals surface area contributed by atoms with Crippen LogP contribution in [0, 0.1) is 47.3 Å². The average Bonchev–Trinajstić information content (AvgIpc) is 3.63. The summed E-state index contributed by atoms with van der Waals surface area (Å²) >= 11 is 0. The maximum absolute atomic E-state index is 13.7. The number of ether oxygens (including phenoxy) is 9. The molecule has 0 aromatic heterocycles. The quantitative estimate of drug-likeness (QED) is 0.0905. The van der Waals surface area contributed by atoms with E-state index in [1.807, 2.05) is 27.7 Å². The van der Waals surface area contributed by atoms with E-state index in [0.29, 0.717) is 12.8 Å². The van der Waals surface area contributed by atoms with Gasteiger partial charge in [-0.15, -0.1) is 0 Å². The van der Waals surface area contributed by atoms with Gasteiger partial charge in [-0.1, -0.05) is 84.9 Å². The predicted octanol–water partition coefficient (Wildman–Crippen LogP) is 3.91. The van der Waals surface area contributed by atoms with Crippen molar-refractivity contribution >= 4 is 17.9 Å². The van der Waals surface area contributed by atoms with Crippen molar-refractivity contribution in [1.29, 1.82) is 0 Å². The fraction of sp³-hybridized carbons (Fsp3) is 0.796. The van der Waals surface area contributed by atoms with Gasteiger partial charge < -0.3 is 78.4 Å². The van der Waals surface area contributed by atoms with Gasteiger partial charge in [0.2, 0.25) is 6.29 Å². The molecule has 0 saturated carbocycles. The Labute approximate surface area is 430 Å². The van der Waals surface area contributed by atoms with Gasteiger partial charge in [0.25, 0.3) is 0 Å². The molecular formula is C54H86O19. The van der Waals surface area contributed by atoms with Crippen molar-refractivity contribution < 1.29 is 92.8 Å². The highest BCUT2D eigenvalue weighted by Gasteiger charge is 2.53. The van der Waals surface area contributed by atoms with Crippen molar-refractivity contribution in [2.24, 2.45) is 47.3 Å². The van der Waals surface area contributed by atoms with Gasteiger partial charge in [-0.3, -0.25) is 4.79 Å². The van der Waals surface area contributed by atoms with Crippen LogP contribution in [-0.2, 0) is 57.0 Å². The predicted molar refractivity (Wildman–Crippen MR) is 263 cm³/mol. The summed E-state index contributed by atoms with van der Waals surface area (Å²) in [5, 5.41) is 77.0. The lowest BCUT2D eigenvalue weighted by Crippen LogP contribution is -2.59. The summed E-state index contributed by atoms with van der Waals surface area (Å²) in [5.74, 6) is -9.19. The molecule has 0 unspecified atom stereocenters. The minimum absolute atomic E-state index is 0.00290. The van der Waals surface area contributed by atoms with Crippen LogP contribution in [0.3, 0.4) is 0 Å². The van der Waals surface area contributed by atoms with Crippen LogP contribution >= 0.6 is 0 Å². The molecule has 7 N–H and O–H groups in total. The zero-order chi connectivity index (χ0) is 54.2. The van der Waals surface area contributed by atoms with E-state index < -0.39 is 157 Å². The molecule has 5 aliphatic rings. The van der Waals surface area contributed by atoms with E-state index in [4.69, 9.17) is 42.6 Å². The molecule has 416 valence electrons. The first-order chi connectivity index (χ1) is 34.3. The summed E-state index contributed by atoms with van der Waals surface area (Å²) in [6.45, 7) is 20.9. The summed E-state index contributed by atoms with van der Waals surface area (Å²) < 4.78 is 54.4. The first-order valence-electron chi connectivity index (χ1n) is 26.4. The van der Waals surface area contributed by atoms with E-state index in [1.165, 1.54) is 31.2 Å². The summed E-state index contributed by atoms with van der Waals surface area (Å²) in [6, 6.07) is 0. The van der Waals surface area contributed by atoms with Crippen LogP contribution < -0.4 is 0 Å². The van der Waals surface area contributed by atoms with Crippen LogP contribution in [0.1, 0.15) is 115 Å². The number of cyclic esters (lactones) is 2. The number of allylic oxidation sites excluding steroid dienone is 4. The molecule has 5 aliphatic heterocycles. The van der Waals surface area contributed by atoms with Crippen molar-refractivity contribution in [2.45, 2.75) is 225 Å². The van der Waals surface area contributed by atoms with Gasteiger partial charge in [0.1, 0.15) is 30.5 Å². The Morgan fingerprint density at radius 1 is 0.671 bits per heavy atom. The molecule has 0 aliphatic carbocycles. The van der Waals surface area contributed by atoms with Gasteiger partial charge >= 0.3 is 17.9 Å². The highest BCUT2D eigenvalue weighted by atomic mass is 16.8. The molecule has 73 heavy (non-hydrogen) atoms. The Balaban J connectivity index is 1.25. The second-order valence-electron chi connectivity index (χ2n) is 21.4. The van der Waals surface area contributed by atoms with Crippen LogP contribution in [-0.4, -0.2) is 164 Å². The van der Waals surface area contributed by atoms with Gasteiger partial charge in [0, 0.05) is 72.8 Å². The Bertz CT molecular complexity index is 1890. The Kier molecular flexibility index (Phi) is 22.2. The van der Waals surface area contributed by atoms with Gasteiger partial charge in [-0.05, 0) is 47.5 Å². The van der Waals surface area contributed by atoms with Crippen LogP contribution in [0.5, 0.6) is 0 Å². The molecule has 19 nitrogen and oxygen atoms in total. The molecule has 19 heteroatoms. The monoisotopic (exact) mass is 1040 g/mol. The lowest BCUT2D eigenvalue weighted by molar-refractivity contribution is -0.344. The van der Waals surface area contributed by atoms with E-state index in [1.54, 1.807) is 72.8 Å². The van der Waals surface area contributed by atoms with Crippen molar-refractivity contribution in [3.63, 3.8) is 0 Å². The number of hydrogen-bond acceptors (Lipinski definition) is 19. The maximum Gasteiger partial charge on any atom is 0.331 e. The Hall–Kier alpha value is -3.15. The smallest absolute Gasteiger partial charge is 0.331 e. The van der Waals surface area contributed by atoms with Gasteiger partial charge in [-0.2, -0.15) is 0 Å². The number of esters is 3. The topological polar surface area (TPSA) is 276 Å². The highest BCUT2D eigenvalue weighted by Crippen LogP contribution is 2.43. The molecule has 0 aromatic carbocycles. The van der Waals surface area contributed by atoms with Gasteiger partial charge in [0.05, 0.1) is 60.9 Å². The lowest BCUT2D eigenvalue weighted by atomic mass is 9.76. The number of hydrogen-bond donors (Lipinski definition) is 7. The Morgan fingerprint density at radius 2 is 1.15 bits per heavy atom. The third kappa shape index (κ3) is 15.1. The third-order valence-electron chi connectivity index (χ3n) is 16.0. The van der Waals surface area contributed by atoms with E-state index >= 15 is 0 Å². The number of aliphatic hydroxyl groups excluding tert-OH is 6. The zero-order valence-corrected chi connectivity index (χ0v) is 44.6. The summed E-state index contributed by atoms with van der Waals surface area (Å²) in [7, 11) is 0. The van der Waals surface area contributed by atoms with E-state index in [-0.39, 0.29) is 37.2 Å². The van der Waals surface area contributed by atoms with Crippen molar-refractivity contribution in [2.75, 3.05) is 0 Å². The molecular weight excluding hydrogens is 953 g/mol. The summed E-state index contributed by atoms with van der Waals surface area (Å²) in [5.41, 5.74) is 0. The number of rotatable bonds is 15. The SMILES string of the molecule is CC[C@@H]1[C@@H](O[C@H]2C[C@H](O)[C@H](O)[C@H](C)O2)[C@@H](OC(=O)[C@@H](C)[C@H](O)[C@H](C)[C@H]2OC(=O)/C=C/C=C/[C@H](C)[C@@H]([C@@H](C)[C@@H](O)[C@H](C)[C@@]3(O)C[C@@H](O[C@H]4C[C@H](O)[C@H](O)[C@H](C)O4)[C@H](CC)[C@@H](C)O3)OC(=O)/C=C/C=C/[C@@H]2C)O[C@H]1C. The number of aliphatic hydroxyl groups is 7. The van der Waals surface area contributed by atoms with E-state index in [9.17, 15) is 50.1 Å². The fourth-order valence-electron chi connectivity index (χ4n) is 11.1. The summed E-state index contributed by atoms with van der Waals surface area (Å²) in [4.78, 5) is 40.6. The molecule has 5 heterocycles. The average molecular weight is 1040 g/mol. The van der Waals surface area contributed by atoms with Crippen molar-refractivity contribution in [3.05, 3.63) is 48.6 Å². The second-order valence-corrected chi connectivity index (χ2v) is 21.4. The molecule has 0 radical (unpaired) electrons. The minimum Gasteiger partial charge on any atom is -0.458 e. The molecule has 0 aromatic rings. The van der Waals surface area contributed by atoms with Crippen LogP contribution in [0.2, 0.25) is 0 Å². The molecule has 0 bridgehead atoms. The molecule has 4 saturated heterocycles. The molecule has 0 spiro atoms. The van der Waals surface area contributed by atoms with E-state index in [0.717, 1.165) is 0 Å². The number of carbonyl (C=O) groups is 3. The first kappa shape index (κ1) is 60.7. The first-order valence-corrected chi connectivity index (χ1v) is 26.4. The molecule has 0 amide bonds. The third-order valence-corrected chi connectivity index (χ3v) is 16.0. The Morgan fingerprint density at radius 3 is 1.63 bits per heavy atom. The van der Waals surface area contributed by atoms with Crippen LogP contribution in [0.4, 0.5) is 0 Å². The van der Waals surface area contributed by atoms with E-state index in [2.05, 4.69) is 0 Å². The van der Waals surface area contributed by atoms with Crippen LogP contribution in [0.15, 0.2) is 48.6 Å².